The van der Waals surface area contributed by atoms with E-state index in [0.717, 1.165) is 0 Å². The Morgan fingerprint density at radius 2 is 1.97 bits per heavy atom. The Hall–Kier alpha value is -2.94. The first-order valence-electron chi connectivity index (χ1n) is 9.98. The molecule has 162 valence electrons. The van der Waals surface area contributed by atoms with Gasteiger partial charge in [0.05, 0.1) is 10.9 Å². The average molecular weight is 445 g/mol. The van der Waals surface area contributed by atoms with Gasteiger partial charge in [-0.3, -0.25) is 14.4 Å². The molecule has 0 spiro atoms. The predicted molar refractivity (Wildman–Crippen MR) is 115 cm³/mol. The van der Waals surface area contributed by atoms with Crippen LogP contribution in [0, 0.1) is 11.6 Å². The number of hydrogen-bond donors (Lipinski definition) is 2. The molecule has 2 aromatic carbocycles. The van der Waals surface area contributed by atoms with Crippen molar-refractivity contribution in [1.82, 2.24) is 5.32 Å². The summed E-state index contributed by atoms with van der Waals surface area (Å²) in [7, 11) is 0. The summed E-state index contributed by atoms with van der Waals surface area (Å²) >= 11 is 1.30. The normalized spacial score (nSPS) is 21.2. The van der Waals surface area contributed by atoms with Crippen LogP contribution >= 0.6 is 11.8 Å². The molecule has 9 heteroatoms. The molecular weight excluding hydrogens is 424 g/mol. The first kappa shape index (κ1) is 21.3. The lowest BCUT2D eigenvalue weighted by molar-refractivity contribution is -0.126. The van der Waals surface area contributed by atoms with Crippen LogP contribution in [-0.2, 0) is 20.8 Å². The third kappa shape index (κ3) is 4.71. The van der Waals surface area contributed by atoms with Gasteiger partial charge in [0.2, 0.25) is 17.7 Å². The Kier molecular flexibility index (Phi) is 6.22. The minimum Gasteiger partial charge on any atom is -0.343 e. The van der Waals surface area contributed by atoms with E-state index in [1.54, 1.807) is 18.2 Å². The van der Waals surface area contributed by atoms with Crippen molar-refractivity contribution in [1.29, 1.82) is 0 Å². The summed E-state index contributed by atoms with van der Waals surface area (Å²) in [5.41, 5.74) is 0.925. The minimum atomic E-state index is -0.767. The highest BCUT2D eigenvalue weighted by atomic mass is 32.2. The van der Waals surface area contributed by atoms with Gasteiger partial charge in [-0.1, -0.05) is 18.2 Å². The van der Waals surface area contributed by atoms with Crippen molar-refractivity contribution < 1.29 is 23.2 Å². The fraction of sp³-hybridized carbons (Fsp3) is 0.318. The maximum Gasteiger partial charge on any atom is 0.247 e. The molecular formula is C22H21F2N3O3S. The quantitative estimate of drug-likeness (QED) is 0.742. The van der Waals surface area contributed by atoms with E-state index in [9.17, 15) is 23.2 Å². The van der Waals surface area contributed by atoms with Gasteiger partial charge in [0.1, 0.15) is 17.7 Å². The number of nitrogens with one attached hydrogen (secondary N) is 2. The second-order valence-electron chi connectivity index (χ2n) is 7.48. The maximum absolute atomic E-state index is 14.2. The van der Waals surface area contributed by atoms with Crippen molar-refractivity contribution in [3.63, 3.8) is 0 Å². The maximum atomic E-state index is 14.2. The molecule has 4 rings (SSSR count). The zero-order valence-corrected chi connectivity index (χ0v) is 17.4. The molecule has 2 aromatic rings. The van der Waals surface area contributed by atoms with Gasteiger partial charge in [0, 0.05) is 24.4 Å². The van der Waals surface area contributed by atoms with Gasteiger partial charge in [-0.05, 0) is 42.7 Å². The molecule has 2 heterocycles. The Labute approximate surface area is 182 Å². The number of nitrogens with zero attached hydrogens (tertiary/aromatic N) is 1. The van der Waals surface area contributed by atoms with Gasteiger partial charge < -0.3 is 15.5 Å². The Balaban J connectivity index is 1.38. The monoisotopic (exact) mass is 445 g/mol. The van der Waals surface area contributed by atoms with Gasteiger partial charge >= 0.3 is 0 Å². The van der Waals surface area contributed by atoms with Crippen molar-refractivity contribution in [3.05, 3.63) is 59.7 Å². The van der Waals surface area contributed by atoms with E-state index in [1.807, 2.05) is 0 Å². The molecule has 2 saturated heterocycles. The van der Waals surface area contributed by atoms with Gasteiger partial charge in [-0.15, -0.1) is 11.8 Å². The van der Waals surface area contributed by atoms with Crippen molar-refractivity contribution in [3.8, 4) is 0 Å². The third-order valence-electron chi connectivity index (χ3n) is 5.33. The first-order chi connectivity index (χ1) is 14.9. The van der Waals surface area contributed by atoms with Crippen LogP contribution in [0.4, 0.5) is 20.2 Å². The van der Waals surface area contributed by atoms with Crippen LogP contribution in [0.15, 0.2) is 42.5 Å². The average Bonchev–Trinajstić information content (AvgIpc) is 3.18. The molecule has 31 heavy (non-hydrogen) atoms. The Morgan fingerprint density at radius 3 is 2.68 bits per heavy atom. The summed E-state index contributed by atoms with van der Waals surface area (Å²) in [6, 6.07) is 9.57. The fourth-order valence-electron chi connectivity index (χ4n) is 3.68. The van der Waals surface area contributed by atoms with Crippen LogP contribution in [0.2, 0.25) is 0 Å². The molecule has 0 saturated carbocycles. The largest absolute Gasteiger partial charge is 0.343 e. The van der Waals surface area contributed by atoms with E-state index in [4.69, 9.17) is 0 Å². The zero-order valence-electron chi connectivity index (χ0n) is 16.6. The van der Waals surface area contributed by atoms with Crippen LogP contribution in [0.1, 0.15) is 18.4 Å². The van der Waals surface area contributed by atoms with Gasteiger partial charge in [-0.25, -0.2) is 8.78 Å². The summed E-state index contributed by atoms with van der Waals surface area (Å²) in [4.78, 5) is 38.4. The molecule has 0 unspecified atom stereocenters. The van der Waals surface area contributed by atoms with Crippen LogP contribution in [0.25, 0.3) is 0 Å². The molecule has 0 aliphatic carbocycles. The van der Waals surface area contributed by atoms with Crippen molar-refractivity contribution in [2.45, 2.75) is 30.6 Å². The molecule has 0 radical (unpaired) electrons. The van der Waals surface area contributed by atoms with E-state index in [0.29, 0.717) is 36.4 Å². The highest BCUT2D eigenvalue weighted by molar-refractivity contribution is 8.00. The molecule has 2 aliphatic rings. The number of carbonyl (C=O) groups is 3. The number of rotatable bonds is 5. The van der Waals surface area contributed by atoms with E-state index in [2.05, 4.69) is 10.6 Å². The zero-order chi connectivity index (χ0) is 22.0. The highest BCUT2D eigenvalue weighted by Gasteiger charge is 2.33. The fourth-order valence-corrected chi connectivity index (χ4v) is 4.86. The molecule has 6 nitrogen and oxygen atoms in total. The summed E-state index contributed by atoms with van der Waals surface area (Å²) in [5.74, 6) is -1.49. The molecule has 0 aromatic heterocycles. The number of anilines is 2. The number of hydrogen-bond acceptors (Lipinski definition) is 4. The number of amides is 3. The van der Waals surface area contributed by atoms with E-state index < -0.39 is 23.0 Å². The SMILES string of the molecule is O=C1N[C@@H](C(=O)Nc2ccc(F)c(N3CCCC3=O)c2)CS[C@H]1Cc1ccccc1F. The van der Waals surface area contributed by atoms with Crippen LogP contribution in [-0.4, -0.2) is 41.3 Å². The number of benzene rings is 2. The Morgan fingerprint density at radius 1 is 1.16 bits per heavy atom. The van der Waals surface area contributed by atoms with Gasteiger partial charge in [0.25, 0.3) is 0 Å². The summed E-state index contributed by atoms with van der Waals surface area (Å²) < 4.78 is 28.1. The van der Waals surface area contributed by atoms with Crippen molar-refractivity contribution in [2.24, 2.45) is 0 Å². The number of halogens is 2. The second-order valence-corrected chi connectivity index (χ2v) is 8.72. The molecule has 2 N–H and O–H groups in total. The van der Waals surface area contributed by atoms with Crippen LogP contribution < -0.4 is 15.5 Å². The van der Waals surface area contributed by atoms with E-state index in [1.165, 1.54) is 40.9 Å². The molecule has 3 amide bonds. The van der Waals surface area contributed by atoms with Crippen molar-refractivity contribution in [2.75, 3.05) is 22.5 Å². The number of thioether (sulfide) groups is 1. The van der Waals surface area contributed by atoms with E-state index >= 15 is 0 Å². The smallest absolute Gasteiger partial charge is 0.247 e. The standard InChI is InChI=1S/C22H21F2N3O3S/c23-15-5-2-1-4-13(15)10-19-22(30)26-17(12-31-19)21(29)25-14-7-8-16(24)18(11-14)27-9-3-6-20(27)28/h1-2,4-5,7-8,11,17,19H,3,6,9-10,12H2,(H,25,29)(H,26,30)/t17-,19+/m1/s1. The van der Waals surface area contributed by atoms with Crippen LogP contribution in [0.3, 0.4) is 0 Å². The van der Waals surface area contributed by atoms with Gasteiger partial charge in [0.15, 0.2) is 0 Å². The predicted octanol–water partition coefficient (Wildman–Crippen LogP) is 2.87. The van der Waals surface area contributed by atoms with Crippen molar-refractivity contribution >= 4 is 40.9 Å². The van der Waals surface area contributed by atoms with E-state index in [-0.39, 0.29) is 29.7 Å². The molecule has 2 aliphatic heterocycles. The summed E-state index contributed by atoms with van der Waals surface area (Å²) in [6.45, 7) is 0.436. The first-order valence-corrected chi connectivity index (χ1v) is 11.0. The minimum absolute atomic E-state index is 0.132. The van der Waals surface area contributed by atoms with Crippen LogP contribution in [0.5, 0.6) is 0 Å². The lowest BCUT2D eigenvalue weighted by Gasteiger charge is -2.28. The number of carbonyl (C=O) groups excluding carboxylic acids is 3. The third-order valence-corrected chi connectivity index (χ3v) is 6.64. The van der Waals surface area contributed by atoms with Gasteiger partial charge in [-0.2, -0.15) is 0 Å². The topological polar surface area (TPSA) is 78.5 Å². The lowest BCUT2D eigenvalue weighted by atomic mass is 10.1. The second kappa shape index (κ2) is 9.05. The molecule has 0 bridgehead atoms. The summed E-state index contributed by atoms with van der Waals surface area (Å²) in [5, 5.41) is 4.88. The Bertz CT molecular complexity index is 1030. The highest BCUT2D eigenvalue weighted by Crippen LogP contribution is 2.28. The molecule has 2 fully saturated rings. The lowest BCUT2D eigenvalue weighted by Crippen LogP contribution is -2.52. The summed E-state index contributed by atoms with van der Waals surface area (Å²) in [6.07, 6.45) is 1.27. The molecule has 2 atom stereocenters.